The molecule has 2 N–H and O–H groups in total. The SMILES string of the molecule is CCOP(=O)(Nc1ccc(N2CCN(c3cc(F)cc(-c4c(S(C)(=O)=O)c(C)n(C(C)C)c4-c4ccc(Cl)cc4)c3)CC2)cc1)C1=CC=C(N[C@H](CCN2CCOCC2)CSc2ccccc2)C(C)(S(C)(=O)=O)C1. The lowest BCUT2D eigenvalue weighted by Gasteiger charge is -2.38. The average Bonchev–Trinajstić information content (AvgIpc) is 3.70. The molecule has 0 amide bonds. The van der Waals surface area contributed by atoms with Crippen LogP contribution in [-0.2, 0) is 33.5 Å². The van der Waals surface area contributed by atoms with Crippen molar-refractivity contribution in [3.05, 3.63) is 137 Å². The van der Waals surface area contributed by atoms with Crippen LogP contribution < -0.4 is 20.2 Å². The molecular weight excluding hydrogens is 1040 g/mol. The predicted molar refractivity (Wildman–Crippen MR) is 302 cm³/mol. The van der Waals surface area contributed by atoms with Crippen LogP contribution in [0.4, 0.5) is 21.5 Å². The van der Waals surface area contributed by atoms with E-state index in [0.717, 1.165) is 48.0 Å². The van der Waals surface area contributed by atoms with E-state index < -0.39 is 37.8 Å². The highest BCUT2D eigenvalue weighted by Crippen LogP contribution is 2.59. The molecule has 1 aromatic heterocycles. The van der Waals surface area contributed by atoms with E-state index in [2.05, 4.69) is 37.2 Å². The van der Waals surface area contributed by atoms with Gasteiger partial charge in [-0.3, -0.25) is 9.46 Å². The maximum Gasteiger partial charge on any atom is 0.320 e. The Morgan fingerprint density at radius 1 is 0.851 bits per heavy atom. The Bertz CT molecular complexity index is 3130. The van der Waals surface area contributed by atoms with E-state index >= 15 is 4.39 Å². The van der Waals surface area contributed by atoms with Gasteiger partial charge in [0.2, 0.25) is 0 Å². The van der Waals surface area contributed by atoms with Crippen molar-refractivity contribution in [3.8, 4) is 22.4 Å². The number of piperazine rings is 1. The normalized spacial score (nSPS) is 19.2. The summed E-state index contributed by atoms with van der Waals surface area (Å²) in [6.45, 7) is 15.7. The molecule has 2 saturated heterocycles. The number of aromatic nitrogens is 1. The van der Waals surface area contributed by atoms with Gasteiger partial charge in [0.15, 0.2) is 19.7 Å². The number of morpholine rings is 1. The van der Waals surface area contributed by atoms with E-state index in [9.17, 15) is 21.4 Å². The first-order chi connectivity index (χ1) is 35.2. The molecule has 13 nitrogen and oxygen atoms in total. The van der Waals surface area contributed by atoms with Gasteiger partial charge in [-0.25, -0.2) is 21.2 Å². The van der Waals surface area contributed by atoms with Gasteiger partial charge in [-0.05, 0) is 131 Å². The maximum atomic E-state index is 15.8. The molecule has 8 rings (SSSR count). The third-order valence-corrected chi connectivity index (χ3v) is 21.1. The summed E-state index contributed by atoms with van der Waals surface area (Å²) in [5, 5.41) is 7.77. The highest BCUT2D eigenvalue weighted by atomic mass is 35.5. The number of nitrogens with one attached hydrogen (secondary N) is 2. The second-order valence-corrected chi connectivity index (χ2v) is 27.9. The van der Waals surface area contributed by atoms with Crippen LogP contribution in [0.1, 0.15) is 52.3 Å². The molecule has 0 spiro atoms. The zero-order valence-electron chi connectivity index (χ0n) is 43.3. The number of sulfone groups is 2. The van der Waals surface area contributed by atoms with Crippen molar-refractivity contribution in [2.75, 3.05) is 98.8 Å². The zero-order chi connectivity index (χ0) is 53.0. The van der Waals surface area contributed by atoms with E-state index in [4.69, 9.17) is 20.9 Å². The van der Waals surface area contributed by atoms with E-state index in [1.807, 2.05) is 79.1 Å². The molecule has 398 valence electrons. The highest BCUT2D eigenvalue weighted by Gasteiger charge is 2.47. The second kappa shape index (κ2) is 23.3. The first kappa shape index (κ1) is 55.6. The monoisotopic (exact) mass is 1110 g/mol. The van der Waals surface area contributed by atoms with Crippen molar-refractivity contribution in [1.82, 2.24) is 14.8 Å². The summed E-state index contributed by atoms with van der Waals surface area (Å²) in [6, 6.07) is 29.6. The van der Waals surface area contributed by atoms with E-state index in [-0.39, 0.29) is 30.0 Å². The summed E-state index contributed by atoms with van der Waals surface area (Å²) in [4.78, 5) is 8.02. The number of ether oxygens (including phenoxy) is 1. The number of hydrogen-bond acceptors (Lipinski definition) is 12. The third kappa shape index (κ3) is 12.6. The quantitative estimate of drug-likeness (QED) is 0.0564. The smallest absolute Gasteiger partial charge is 0.320 e. The number of nitrogens with zero attached hydrogens (tertiary/aromatic N) is 4. The average molecular weight is 1110 g/mol. The Balaban J connectivity index is 0.987. The minimum absolute atomic E-state index is 0.0289. The molecule has 3 heterocycles. The number of benzene rings is 4. The Kier molecular flexibility index (Phi) is 17.6. The Morgan fingerprint density at radius 2 is 1.50 bits per heavy atom. The highest BCUT2D eigenvalue weighted by molar-refractivity contribution is 7.99. The van der Waals surface area contributed by atoms with Crippen LogP contribution in [0.15, 0.2) is 130 Å². The summed E-state index contributed by atoms with van der Waals surface area (Å²) in [7, 11) is -11.3. The summed E-state index contributed by atoms with van der Waals surface area (Å²) in [5.41, 5.74) is 5.67. The van der Waals surface area contributed by atoms with Crippen molar-refractivity contribution in [2.45, 2.75) is 74.1 Å². The van der Waals surface area contributed by atoms with Crippen LogP contribution in [0.25, 0.3) is 22.4 Å². The summed E-state index contributed by atoms with van der Waals surface area (Å²) in [6.07, 6.45) is 6.72. The fourth-order valence-corrected chi connectivity index (χ4v) is 15.6. The zero-order valence-corrected chi connectivity index (χ0v) is 47.4. The van der Waals surface area contributed by atoms with Crippen molar-refractivity contribution in [2.24, 2.45) is 0 Å². The number of thioether (sulfide) groups is 1. The summed E-state index contributed by atoms with van der Waals surface area (Å²) >= 11 is 8.01. The molecule has 19 heteroatoms. The molecule has 0 radical (unpaired) electrons. The van der Waals surface area contributed by atoms with Gasteiger partial charge in [0.25, 0.3) is 0 Å². The topological polar surface area (TPSA) is 143 Å². The Hall–Kier alpha value is -4.58. The van der Waals surface area contributed by atoms with Crippen LogP contribution in [-0.4, -0.2) is 121 Å². The van der Waals surface area contributed by atoms with E-state index in [1.54, 1.807) is 56.8 Å². The molecule has 0 saturated carbocycles. The molecule has 1 aliphatic carbocycles. The number of hydrogen-bond donors (Lipinski definition) is 2. The van der Waals surface area contributed by atoms with E-state index in [0.29, 0.717) is 89.3 Å². The summed E-state index contributed by atoms with van der Waals surface area (Å²) < 4.78 is 97.9. The number of anilines is 3. The van der Waals surface area contributed by atoms with E-state index in [1.165, 1.54) is 24.6 Å². The molecule has 4 aromatic carbocycles. The summed E-state index contributed by atoms with van der Waals surface area (Å²) in [5.74, 6) is 0.247. The molecule has 3 atom stereocenters. The first-order valence-electron chi connectivity index (χ1n) is 25.2. The van der Waals surface area contributed by atoms with Gasteiger partial charge in [-0.2, -0.15) is 0 Å². The second-order valence-electron chi connectivity index (χ2n) is 19.8. The van der Waals surface area contributed by atoms with Crippen molar-refractivity contribution in [1.29, 1.82) is 0 Å². The number of allylic oxidation sites excluding steroid dienone is 3. The lowest BCUT2D eigenvalue weighted by atomic mass is 9.96. The minimum atomic E-state index is -3.81. The number of rotatable bonds is 20. The van der Waals surface area contributed by atoms with Crippen LogP contribution in [0, 0.1) is 12.7 Å². The van der Waals surface area contributed by atoms with Crippen LogP contribution >= 0.6 is 30.9 Å². The van der Waals surface area contributed by atoms with Gasteiger partial charge in [0.05, 0.1) is 30.4 Å². The Labute approximate surface area is 446 Å². The molecule has 0 bridgehead atoms. The minimum Gasteiger partial charge on any atom is -0.383 e. The maximum absolute atomic E-state index is 15.8. The van der Waals surface area contributed by atoms with Gasteiger partial charge < -0.3 is 34.0 Å². The lowest BCUT2D eigenvalue weighted by molar-refractivity contribution is 0.0365. The molecular formula is C55H69ClFN6O7PS3. The van der Waals surface area contributed by atoms with Gasteiger partial charge in [0, 0.05) is 132 Å². The molecule has 2 unspecified atom stereocenters. The van der Waals surface area contributed by atoms with Gasteiger partial charge in [0.1, 0.15) is 10.6 Å². The van der Waals surface area contributed by atoms with Crippen LogP contribution in [0.2, 0.25) is 5.02 Å². The fraction of sp³-hybridized carbons (Fsp3) is 0.418. The molecule has 3 aliphatic rings. The lowest BCUT2D eigenvalue weighted by Crippen LogP contribution is -2.48. The third-order valence-electron chi connectivity index (χ3n) is 14.2. The molecule has 2 fully saturated rings. The van der Waals surface area contributed by atoms with Gasteiger partial charge in [-0.15, -0.1) is 11.8 Å². The van der Waals surface area contributed by atoms with Crippen LogP contribution in [0.3, 0.4) is 0 Å². The van der Waals surface area contributed by atoms with Crippen LogP contribution in [0.5, 0.6) is 0 Å². The fourth-order valence-electron chi connectivity index (χ4n) is 10.2. The molecule has 74 heavy (non-hydrogen) atoms. The van der Waals surface area contributed by atoms with Crippen molar-refractivity contribution in [3.63, 3.8) is 0 Å². The van der Waals surface area contributed by atoms with Crippen molar-refractivity contribution >= 4 is 67.6 Å². The standard InChI is InChI=1S/C55H69ClFN6O7PS3/c1-8-70-71(64,49-22-23-51(55(5,37-49)74(7,67)68)58-46(24-25-60-30-32-69-33-31-60)38-72-50-12-10-9-11-13-50)59-45-18-20-47(21-19-45)61-26-28-62(29-27-61)48-35-42(34-44(57)36-48)52-53(41-14-16-43(56)17-15-41)63(39(2)3)40(4)54(52)73(6,65)66/h9-23,34-36,39,46,58H,8,24-33,37-38H2,1-7H3,(H,59,64)/t46-,55?,71?/m1/s1. The molecule has 2 aliphatic heterocycles. The first-order valence-corrected chi connectivity index (χ1v) is 31.9. The van der Waals surface area contributed by atoms with Crippen molar-refractivity contribution < 1.29 is 35.1 Å². The van der Waals surface area contributed by atoms with Gasteiger partial charge in [-0.1, -0.05) is 41.9 Å². The predicted octanol–water partition coefficient (Wildman–Crippen LogP) is 11.3. The molecule has 5 aromatic rings. The largest absolute Gasteiger partial charge is 0.383 e. The number of halogens is 2. The van der Waals surface area contributed by atoms with Gasteiger partial charge >= 0.3 is 7.52 Å². The Morgan fingerprint density at radius 3 is 2.11 bits per heavy atom.